The van der Waals surface area contributed by atoms with Crippen molar-refractivity contribution in [2.24, 2.45) is 0 Å². The highest BCUT2D eigenvalue weighted by atomic mass is 14.4. The minimum absolute atomic E-state index is 1.03. The molecule has 0 unspecified atom stereocenters. The van der Waals surface area contributed by atoms with Crippen molar-refractivity contribution in [1.82, 2.24) is 0 Å². The van der Waals surface area contributed by atoms with E-state index in [0.717, 1.165) is 6.42 Å². The standard InChI is InChI=1S/C45H50/c1-18-20(3)26(9)38-32(15)42-40(30(13)36(38)24(18)7)28(11)22(5)34-17-35-23(6)29(12)41-31(14)37-25(8)19(2)21(4)27(10)39(37)33(16)43(41)45(35)44(34)42/h17H2,1-16H3. The van der Waals surface area contributed by atoms with E-state index in [-0.39, 0.29) is 0 Å². The molecule has 0 heteroatoms. The number of aryl methyl sites for hydroxylation is 10. The van der Waals surface area contributed by atoms with Gasteiger partial charge >= 0.3 is 0 Å². The van der Waals surface area contributed by atoms with Crippen molar-refractivity contribution < 1.29 is 0 Å². The Bertz CT molecular complexity index is 2250. The van der Waals surface area contributed by atoms with Crippen molar-refractivity contribution in [3.8, 4) is 11.1 Å². The summed E-state index contributed by atoms with van der Waals surface area (Å²) >= 11 is 0. The molecule has 0 spiro atoms. The molecule has 0 radical (unpaired) electrons. The number of hydrogen-bond donors (Lipinski definition) is 0. The van der Waals surface area contributed by atoms with E-state index in [1.807, 2.05) is 0 Å². The summed E-state index contributed by atoms with van der Waals surface area (Å²) in [5.41, 5.74) is 29.4. The van der Waals surface area contributed by atoms with Gasteiger partial charge in [0.25, 0.3) is 0 Å². The van der Waals surface area contributed by atoms with Crippen LogP contribution < -0.4 is 0 Å². The first-order valence-corrected chi connectivity index (χ1v) is 17.0. The molecule has 0 aromatic heterocycles. The van der Waals surface area contributed by atoms with Gasteiger partial charge < -0.3 is 0 Å². The monoisotopic (exact) mass is 590 g/mol. The topological polar surface area (TPSA) is 0 Å². The molecule has 0 N–H and O–H groups in total. The maximum Gasteiger partial charge on any atom is -0.000753 e. The van der Waals surface area contributed by atoms with E-state index in [4.69, 9.17) is 0 Å². The molecule has 1 aliphatic rings. The highest BCUT2D eigenvalue weighted by Crippen LogP contribution is 2.55. The molecular weight excluding hydrogens is 540 g/mol. The van der Waals surface area contributed by atoms with Gasteiger partial charge in [0.05, 0.1) is 0 Å². The lowest BCUT2D eigenvalue weighted by molar-refractivity contribution is 1.16. The predicted molar refractivity (Wildman–Crippen MR) is 200 cm³/mol. The van der Waals surface area contributed by atoms with Gasteiger partial charge in [-0.05, 0) is 272 Å². The average molecular weight is 591 g/mol. The van der Waals surface area contributed by atoms with Gasteiger partial charge in [-0.15, -0.1) is 0 Å². The molecule has 0 bridgehead atoms. The van der Waals surface area contributed by atoms with Gasteiger partial charge in [-0.3, -0.25) is 0 Å². The maximum atomic E-state index is 2.43. The molecule has 0 heterocycles. The van der Waals surface area contributed by atoms with Crippen molar-refractivity contribution in [2.45, 2.75) is 117 Å². The Labute approximate surface area is 270 Å². The predicted octanol–water partition coefficient (Wildman–Crippen LogP) is 12.8. The summed E-state index contributed by atoms with van der Waals surface area (Å²) in [6.07, 6.45) is 1.03. The van der Waals surface area contributed by atoms with Crippen molar-refractivity contribution in [3.05, 3.63) is 100 Å². The molecule has 7 rings (SSSR count). The Morgan fingerprint density at radius 3 is 0.667 bits per heavy atom. The van der Waals surface area contributed by atoms with Gasteiger partial charge in [0.15, 0.2) is 0 Å². The van der Waals surface area contributed by atoms with E-state index >= 15 is 0 Å². The second-order valence-electron chi connectivity index (χ2n) is 14.9. The molecule has 1 aliphatic carbocycles. The van der Waals surface area contributed by atoms with Gasteiger partial charge in [-0.1, -0.05) is 0 Å². The van der Waals surface area contributed by atoms with Crippen LogP contribution in [0.25, 0.3) is 54.2 Å². The quantitative estimate of drug-likeness (QED) is 0.154. The zero-order chi connectivity index (χ0) is 32.9. The average Bonchev–Trinajstić information content (AvgIpc) is 3.40. The van der Waals surface area contributed by atoms with Gasteiger partial charge in [0, 0.05) is 0 Å². The fraction of sp³-hybridized carbons (Fsp3) is 0.378. The third-order valence-corrected chi connectivity index (χ3v) is 13.4. The SMILES string of the molecule is Cc1c(C)c(C)c2c(C)c3c4c(c(C)c(C)c3c(C)c2c1C)Cc1c(C)c(C)c2c(C)c3c(C)c(C)c(C)c(C)c3c(C)c2c1-4. The van der Waals surface area contributed by atoms with Crippen LogP contribution in [0.1, 0.15) is 100 Å². The molecule has 6 aromatic rings. The summed E-state index contributed by atoms with van der Waals surface area (Å²) in [5, 5.41) is 11.9. The molecule has 0 saturated carbocycles. The second kappa shape index (κ2) is 9.45. The summed E-state index contributed by atoms with van der Waals surface area (Å²) < 4.78 is 0. The van der Waals surface area contributed by atoms with Crippen LogP contribution in [0.15, 0.2) is 0 Å². The molecule has 6 aromatic carbocycles. The van der Waals surface area contributed by atoms with E-state index in [9.17, 15) is 0 Å². The van der Waals surface area contributed by atoms with Crippen LogP contribution in [-0.2, 0) is 6.42 Å². The smallest absolute Gasteiger partial charge is 0.000753 e. The van der Waals surface area contributed by atoms with E-state index < -0.39 is 0 Å². The molecule has 0 amide bonds. The van der Waals surface area contributed by atoms with Gasteiger partial charge in [-0.25, -0.2) is 0 Å². The van der Waals surface area contributed by atoms with Crippen molar-refractivity contribution in [1.29, 1.82) is 0 Å². The summed E-state index contributed by atoms with van der Waals surface area (Å²) in [5.74, 6) is 0. The Hall–Kier alpha value is -3.64. The second-order valence-corrected chi connectivity index (χ2v) is 14.9. The summed E-state index contributed by atoms with van der Waals surface area (Å²) in [6.45, 7) is 37.9. The number of benzene rings is 6. The van der Waals surface area contributed by atoms with Crippen LogP contribution in [0.2, 0.25) is 0 Å². The maximum absolute atomic E-state index is 2.43. The fourth-order valence-corrected chi connectivity index (χ4v) is 9.99. The minimum Gasteiger partial charge on any atom is -0.0444 e. The molecule has 0 saturated heterocycles. The lowest BCUT2D eigenvalue weighted by Gasteiger charge is -2.26. The first-order chi connectivity index (χ1) is 21.1. The lowest BCUT2D eigenvalue weighted by atomic mass is 9.77. The summed E-state index contributed by atoms with van der Waals surface area (Å²) in [6, 6.07) is 0. The Balaban J connectivity index is 1.83. The van der Waals surface area contributed by atoms with Crippen LogP contribution in [-0.4, -0.2) is 0 Å². The number of hydrogen-bond acceptors (Lipinski definition) is 0. The lowest BCUT2D eigenvalue weighted by Crippen LogP contribution is -2.04. The Morgan fingerprint density at radius 1 is 0.200 bits per heavy atom. The van der Waals surface area contributed by atoms with Crippen LogP contribution in [0, 0.1) is 111 Å². The largest absolute Gasteiger partial charge is 0.0444 e. The molecule has 45 heavy (non-hydrogen) atoms. The zero-order valence-electron chi connectivity index (χ0n) is 30.7. The van der Waals surface area contributed by atoms with Gasteiger partial charge in [0.2, 0.25) is 0 Å². The highest BCUT2D eigenvalue weighted by molar-refractivity contribution is 6.22. The van der Waals surface area contributed by atoms with Crippen molar-refractivity contribution in [2.75, 3.05) is 0 Å². The van der Waals surface area contributed by atoms with Crippen LogP contribution in [0.5, 0.6) is 0 Å². The van der Waals surface area contributed by atoms with Crippen LogP contribution in [0.3, 0.4) is 0 Å². The third kappa shape index (κ3) is 3.39. The van der Waals surface area contributed by atoms with E-state index in [2.05, 4.69) is 111 Å². The minimum atomic E-state index is 1.03. The molecule has 0 nitrogen and oxygen atoms in total. The first kappa shape index (κ1) is 30.0. The zero-order valence-corrected chi connectivity index (χ0v) is 30.7. The van der Waals surface area contributed by atoms with E-state index in [0.29, 0.717) is 0 Å². The normalized spacial score (nSPS) is 12.8. The van der Waals surface area contributed by atoms with Crippen molar-refractivity contribution >= 4 is 43.1 Å². The Kier molecular flexibility index (Phi) is 6.31. The molecule has 0 atom stereocenters. The van der Waals surface area contributed by atoms with E-state index in [1.165, 1.54) is 143 Å². The molecule has 230 valence electrons. The van der Waals surface area contributed by atoms with Crippen molar-refractivity contribution in [3.63, 3.8) is 0 Å². The third-order valence-electron chi connectivity index (χ3n) is 13.4. The summed E-state index contributed by atoms with van der Waals surface area (Å²) in [7, 11) is 0. The van der Waals surface area contributed by atoms with Gasteiger partial charge in [-0.2, -0.15) is 0 Å². The first-order valence-electron chi connectivity index (χ1n) is 17.0. The molecule has 0 aliphatic heterocycles. The number of rotatable bonds is 0. The fourth-order valence-electron chi connectivity index (χ4n) is 9.99. The molecular formula is C45H50. The highest BCUT2D eigenvalue weighted by Gasteiger charge is 2.33. The number of fused-ring (bicyclic) bond motifs is 9. The van der Waals surface area contributed by atoms with Gasteiger partial charge in [0.1, 0.15) is 0 Å². The van der Waals surface area contributed by atoms with Crippen LogP contribution in [0.4, 0.5) is 0 Å². The summed E-state index contributed by atoms with van der Waals surface area (Å²) in [4.78, 5) is 0. The Morgan fingerprint density at radius 2 is 0.400 bits per heavy atom. The molecule has 0 fully saturated rings. The van der Waals surface area contributed by atoms with Crippen LogP contribution >= 0.6 is 0 Å². The van der Waals surface area contributed by atoms with E-state index in [1.54, 1.807) is 11.1 Å².